The molecule has 6 heteroatoms. The maximum Gasteiger partial charge on any atom is 0.326 e. The van der Waals surface area contributed by atoms with Crippen LogP contribution in [0.1, 0.15) is 23.7 Å². The van der Waals surface area contributed by atoms with Crippen molar-refractivity contribution in [2.24, 2.45) is 0 Å². The van der Waals surface area contributed by atoms with E-state index in [4.69, 9.17) is 16.7 Å². The van der Waals surface area contributed by atoms with E-state index in [0.717, 1.165) is 11.0 Å². The van der Waals surface area contributed by atoms with Crippen LogP contribution < -0.4 is 0 Å². The number of benzene rings is 1. The summed E-state index contributed by atoms with van der Waals surface area (Å²) in [5, 5.41) is 9.12. The van der Waals surface area contributed by atoms with Crippen molar-refractivity contribution in [1.82, 2.24) is 4.90 Å². The molecule has 1 aromatic carbocycles. The van der Waals surface area contributed by atoms with Crippen LogP contribution in [0.25, 0.3) is 0 Å². The highest BCUT2D eigenvalue weighted by Gasteiger charge is 2.27. The Morgan fingerprint density at radius 3 is 2.56 bits per heavy atom. The van der Waals surface area contributed by atoms with Gasteiger partial charge in [-0.15, -0.1) is 0 Å². The van der Waals surface area contributed by atoms with Gasteiger partial charge in [0.1, 0.15) is 11.9 Å². The number of amides is 1. The number of halogens is 2. The fraction of sp³-hybridized carbons (Fsp3) is 0.333. The third-order valence-corrected chi connectivity index (χ3v) is 2.86. The second-order valence-corrected chi connectivity index (χ2v) is 4.24. The molecule has 0 heterocycles. The molecule has 0 aliphatic rings. The second-order valence-electron chi connectivity index (χ2n) is 3.80. The zero-order valence-corrected chi connectivity index (χ0v) is 10.7. The topological polar surface area (TPSA) is 57.6 Å². The minimum Gasteiger partial charge on any atom is -0.480 e. The second kappa shape index (κ2) is 5.82. The third kappa shape index (κ3) is 2.98. The predicted molar refractivity (Wildman–Crippen MR) is 65.2 cm³/mol. The largest absolute Gasteiger partial charge is 0.480 e. The molecule has 0 radical (unpaired) electrons. The minimum atomic E-state index is -1.12. The standard InChI is InChI=1S/C12H13ClFNO3/c1-3-10(12(17)18)15(2)11(16)8-5-4-7(13)6-9(8)14/h4-6,10H,3H2,1-2H3,(H,17,18). The molecule has 0 fully saturated rings. The first-order valence-corrected chi connectivity index (χ1v) is 5.71. The van der Waals surface area contributed by atoms with Gasteiger partial charge in [0.15, 0.2) is 0 Å². The van der Waals surface area contributed by atoms with Gasteiger partial charge in [-0.05, 0) is 24.6 Å². The summed E-state index contributed by atoms with van der Waals surface area (Å²) in [5.74, 6) is -2.57. The molecule has 0 aliphatic carbocycles. The van der Waals surface area contributed by atoms with E-state index in [0.29, 0.717) is 0 Å². The van der Waals surface area contributed by atoms with E-state index in [9.17, 15) is 14.0 Å². The molecule has 0 aromatic heterocycles. The summed E-state index contributed by atoms with van der Waals surface area (Å²) in [6.07, 6.45) is 0.243. The van der Waals surface area contributed by atoms with Crippen LogP contribution in [0.5, 0.6) is 0 Å². The van der Waals surface area contributed by atoms with Gasteiger partial charge in [0.2, 0.25) is 0 Å². The summed E-state index contributed by atoms with van der Waals surface area (Å²) in [4.78, 5) is 23.9. The monoisotopic (exact) mass is 273 g/mol. The number of carbonyl (C=O) groups is 2. The van der Waals surface area contributed by atoms with Crippen molar-refractivity contribution < 1.29 is 19.1 Å². The number of hydrogen-bond acceptors (Lipinski definition) is 2. The van der Waals surface area contributed by atoms with E-state index in [1.54, 1.807) is 6.92 Å². The lowest BCUT2D eigenvalue weighted by Crippen LogP contribution is -2.42. The molecule has 0 spiro atoms. The summed E-state index contributed by atoms with van der Waals surface area (Å²) in [6, 6.07) is 2.66. The lowest BCUT2D eigenvalue weighted by molar-refractivity contribution is -0.142. The van der Waals surface area contributed by atoms with Gasteiger partial charge in [0, 0.05) is 12.1 Å². The third-order valence-electron chi connectivity index (χ3n) is 2.62. The number of aliphatic carboxylic acids is 1. The Balaban J connectivity index is 3.02. The smallest absolute Gasteiger partial charge is 0.326 e. The van der Waals surface area contributed by atoms with Gasteiger partial charge in [0.25, 0.3) is 5.91 Å². The highest BCUT2D eigenvalue weighted by atomic mass is 35.5. The molecular formula is C12H13ClFNO3. The fourth-order valence-corrected chi connectivity index (χ4v) is 1.77. The molecule has 0 saturated heterocycles. The highest BCUT2D eigenvalue weighted by molar-refractivity contribution is 6.30. The number of carboxylic acids is 1. The molecular weight excluding hydrogens is 261 g/mol. The van der Waals surface area contributed by atoms with Crippen LogP contribution in [0.3, 0.4) is 0 Å². The molecule has 1 atom stereocenters. The average molecular weight is 274 g/mol. The van der Waals surface area contributed by atoms with E-state index in [1.807, 2.05) is 0 Å². The number of hydrogen-bond donors (Lipinski definition) is 1. The van der Waals surface area contributed by atoms with Crippen molar-refractivity contribution in [2.45, 2.75) is 19.4 Å². The number of likely N-dealkylation sites (N-methyl/N-ethyl adjacent to an activating group) is 1. The van der Waals surface area contributed by atoms with Gasteiger partial charge < -0.3 is 10.0 Å². The molecule has 1 aromatic rings. The number of carbonyl (C=O) groups excluding carboxylic acids is 1. The maximum atomic E-state index is 13.6. The Bertz CT molecular complexity index is 478. The molecule has 1 amide bonds. The van der Waals surface area contributed by atoms with Gasteiger partial charge in [-0.3, -0.25) is 4.79 Å². The van der Waals surface area contributed by atoms with Gasteiger partial charge in [-0.1, -0.05) is 18.5 Å². The van der Waals surface area contributed by atoms with Crippen LogP contribution in [-0.4, -0.2) is 35.0 Å². The van der Waals surface area contributed by atoms with E-state index in [1.165, 1.54) is 19.2 Å². The Morgan fingerprint density at radius 2 is 2.11 bits per heavy atom. The molecule has 0 saturated carbocycles. The molecule has 18 heavy (non-hydrogen) atoms. The van der Waals surface area contributed by atoms with E-state index in [2.05, 4.69) is 0 Å². The Hall–Kier alpha value is -1.62. The van der Waals surface area contributed by atoms with Crippen LogP contribution in [-0.2, 0) is 4.79 Å². The molecule has 1 rings (SSSR count). The highest BCUT2D eigenvalue weighted by Crippen LogP contribution is 2.17. The van der Waals surface area contributed by atoms with Gasteiger partial charge in [0.05, 0.1) is 5.56 Å². The molecule has 4 nitrogen and oxygen atoms in total. The minimum absolute atomic E-state index is 0.178. The molecule has 98 valence electrons. The number of rotatable bonds is 4. The van der Waals surface area contributed by atoms with Gasteiger partial charge in [-0.25, -0.2) is 9.18 Å². The summed E-state index contributed by atoms with van der Waals surface area (Å²) in [7, 11) is 1.33. The first-order chi connectivity index (χ1) is 8.38. The number of carboxylic acid groups (broad SMARTS) is 1. The first-order valence-electron chi connectivity index (χ1n) is 5.33. The Kier molecular flexibility index (Phi) is 4.67. The fourth-order valence-electron chi connectivity index (χ4n) is 1.61. The van der Waals surface area contributed by atoms with Crippen molar-refractivity contribution in [1.29, 1.82) is 0 Å². The molecule has 1 N–H and O–H groups in total. The average Bonchev–Trinajstić information content (AvgIpc) is 2.28. The van der Waals surface area contributed by atoms with Crippen LogP contribution in [0.2, 0.25) is 5.02 Å². The summed E-state index contributed by atoms with van der Waals surface area (Å²) >= 11 is 5.58. The van der Waals surface area contributed by atoms with Crippen molar-refractivity contribution in [3.05, 3.63) is 34.6 Å². The quantitative estimate of drug-likeness (QED) is 0.916. The summed E-state index contributed by atoms with van der Waals surface area (Å²) < 4.78 is 13.6. The van der Waals surface area contributed by atoms with Crippen molar-refractivity contribution in [3.63, 3.8) is 0 Å². The normalized spacial score (nSPS) is 12.0. The van der Waals surface area contributed by atoms with Crippen LogP contribution in [0, 0.1) is 5.82 Å². The number of nitrogens with zero attached hydrogens (tertiary/aromatic N) is 1. The Morgan fingerprint density at radius 1 is 1.50 bits per heavy atom. The lowest BCUT2D eigenvalue weighted by atomic mass is 10.1. The van der Waals surface area contributed by atoms with Crippen molar-refractivity contribution in [3.8, 4) is 0 Å². The Labute approximate surface area is 109 Å². The van der Waals surface area contributed by atoms with Gasteiger partial charge >= 0.3 is 5.97 Å². The van der Waals surface area contributed by atoms with E-state index in [-0.39, 0.29) is 17.0 Å². The van der Waals surface area contributed by atoms with Gasteiger partial charge in [-0.2, -0.15) is 0 Å². The van der Waals surface area contributed by atoms with Crippen LogP contribution >= 0.6 is 11.6 Å². The van der Waals surface area contributed by atoms with Crippen LogP contribution in [0.15, 0.2) is 18.2 Å². The van der Waals surface area contributed by atoms with Crippen molar-refractivity contribution >= 4 is 23.5 Å². The SMILES string of the molecule is CCC(C(=O)O)N(C)C(=O)c1ccc(Cl)cc1F. The summed E-state index contributed by atoms with van der Waals surface area (Å²) in [5.41, 5.74) is -0.193. The van der Waals surface area contributed by atoms with E-state index >= 15 is 0 Å². The predicted octanol–water partition coefficient (Wildman–Crippen LogP) is 2.41. The first kappa shape index (κ1) is 14.4. The van der Waals surface area contributed by atoms with E-state index < -0.39 is 23.7 Å². The van der Waals surface area contributed by atoms with Crippen LogP contribution in [0.4, 0.5) is 4.39 Å². The zero-order valence-electron chi connectivity index (χ0n) is 9.98. The zero-order chi connectivity index (χ0) is 13.9. The molecule has 1 unspecified atom stereocenters. The molecule has 0 bridgehead atoms. The maximum absolute atomic E-state index is 13.6. The molecule has 0 aliphatic heterocycles. The lowest BCUT2D eigenvalue weighted by Gasteiger charge is -2.23. The van der Waals surface area contributed by atoms with Crippen molar-refractivity contribution in [2.75, 3.05) is 7.05 Å². The summed E-state index contributed by atoms with van der Waals surface area (Å²) in [6.45, 7) is 1.64.